The van der Waals surface area contributed by atoms with Gasteiger partial charge < -0.3 is 4.90 Å². The molecule has 3 nitrogen and oxygen atoms in total. The van der Waals surface area contributed by atoms with E-state index in [0.29, 0.717) is 24.4 Å². The number of hydrogen-bond acceptors (Lipinski definition) is 3. The second kappa shape index (κ2) is 7.16. The third kappa shape index (κ3) is 3.94. The quantitative estimate of drug-likeness (QED) is 0.759. The zero-order chi connectivity index (χ0) is 17.4. The van der Waals surface area contributed by atoms with Crippen LogP contribution in [-0.4, -0.2) is 79.0 Å². The van der Waals surface area contributed by atoms with Gasteiger partial charge in [0.15, 0.2) is 0 Å². The summed E-state index contributed by atoms with van der Waals surface area (Å²) in [6.07, 6.45) is 3.99. The Morgan fingerprint density at radius 1 is 1.00 bits per heavy atom. The Morgan fingerprint density at radius 2 is 1.67 bits per heavy atom. The summed E-state index contributed by atoms with van der Waals surface area (Å²) in [6, 6.07) is 0.639. The first-order valence-electron chi connectivity index (χ1n) is 9.90. The molecule has 0 aromatic carbocycles. The fraction of sp³-hybridized carbons (Fsp3) is 1.00. The molecule has 3 aliphatic rings. The van der Waals surface area contributed by atoms with Gasteiger partial charge in [0.05, 0.1) is 6.54 Å². The number of rotatable bonds is 5. The van der Waals surface area contributed by atoms with Gasteiger partial charge >= 0.3 is 0 Å². The SMILES string of the molecule is CCCN1CCC(CN2CCC3(CC2)CN(C(C)C)C3)C(F)(F)C1. The monoisotopic (exact) mass is 343 g/mol. The minimum absolute atomic E-state index is 0.0351. The van der Waals surface area contributed by atoms with Crippen molar-refractivity contribution in [3.05, 3.63) is 0 Å². The number of halogens is 2. The van der Waals surface area contributed by atoms with Crippen LogP contribution in [0.25, 0.3) is 0 Å². The van der Waals surface area contributed by atoms with Gasteiger partial charge in [0.1, 0.15) is 0 Å². The maximum atomic E-state index is 14.5. The van der Waals surface area contributed by atoms with Crippen LogP contribution < -0.4 is 0 Å². The summed E-state index contributed by atoms with van der Waals surface area (Å²) in [4.78, 5) is 6.79. The highest BCUT2D eigenvalue weighted by molar-refractivity contribution is 5.00. The van der Waals surface area contributed by atoms with Gasteiger partial charge in [-0.2, -0.15) is 0 Å². The summed E-state index contributed by atoms with van der Waals surface area (Å²) >= 11 is 0. The summed E-state index contributed by atoms with van der Waals surface area (Å²) in [7, 11) is 0. The van der Waals surface area contributed by atoms with E-state index in [4.69, 9.17) is 0 Å². The number of likely N-dealkylation sites (tertiary alicyclic amines) is 3. The number of alkyl halides is 2. The minimum atomic E-state index is -2.52. The predicted molar refractivity (Wildman–Crippen MR) is 94.6 cm³/mol. The molecule has 0 saturated carbocycles. The Morgan fingerprint density at radius 3 is 2.21 bits per heavy atom. The second-order valence-corrected chi connectivity index (χ2v) is 8.82. The fourth-order valence-electron chi connectivity index (χ4n) is 4.81. The van der Waals surface area contributed by atoms with Crippen molar-refractivity contribution in [2.75, 3.05) is 52.4 Å². The van der Waals surface area contributed by atoms with Crippen LogP contribution in [0, 0.1) is 11.3 Å². The average molecular weight is 344 g/mol. The highest BCUT2D eigenvalue weighted by Crippen LogP contribution is 2.42. The van der Waals surface area contributed by atoms with Crippen LogP contribution >= 0.6 is 0 Å². The van der Waals surface area contributed by atoms with E-state index >= 15 is 0 Å². The van der Waals surface area contributed by atoms with E-state index in [-0.39, 0.29) is 6.54 Å². The molecule has 0 radical (unpaired) electrons. The molecule has 0 aliphatic carbocycles. The van der Waals surface area contributed by atoms with Gasteiger partial charge in [-0.05, 0) is 71.1 Å². The molecule has 3 fully saturated rings. The Bertz CT molecular complexity index is 411. The van der Waals surface area contributed by atoms with Gasteiger partial charge in [-0.25, -0.2) is 8.78 Å². The smallest absolute Gasteiger partial charge is 0.264 e. The van der Waals surface area contributed by atoms with Crippen molar-refractivity contribution in [1.29, 1.82) is 0 Å². The molecule has 24 heavy (non-hydrogen) atoms. The first-order valence-corrected chi connectivity index (χ1v) is 9.90. The molecule has 0 bridgehead atoms. The molecule has 5 heteroatoms. The van der Waals surface area contributed by atoms with E-state index < -0.39 is 11.8 Å². The lowest BCUT2D eigenvalue weighted by atomic mass is 9.71. The van der Waals surface area contributed by atoms with Crippen molar-refractivity contribution >= 4 is 0 Å². The Hall–Kier alpha value is -0.260. The minimum Gasteiger partial charge on any atom is -0.303 e. The molecule has 3 heterocycles. The molecule has 0 N–H and O–H groups in total. The first kappa shape index (κ1) is 18.5. The van der Waals surface area contributed by atoms with Crippen LogP contribution in [0.2, 0.25) is 0 Å². The second-order valence-electron chi connectivity index (χ2n) is 8.82. The molecule has 1 spiro atoms. The molecule has 3 saturated heterocycles. The largest absolute Gasteiger partial charge is 0.303 e. The van der Waals surface area contributed by atoms with Gasteiger partial charge in [-0.1, -0.05) is 6.92 Å². The summed E-state index contributed by atoms with van der Waals surface area (Å²) in [5.74, 6) is -2.97. The zero-order valence-electron chi connectivity index (χ0n) is 15.7. The van der Waals surface area contributed by atoms with Crippen molar-refractivity contribution in [1.82, 2.24) is 14.7 Å². The van der Waals surface area contributed by atoms with Crippen molar-refractivity contribution in [3.8, 4) is 0 Å². The normalized spacial score (nSPS) is 31.5. The van der Waals surface area contributed by atoms with Crippen LogP contribution in [0.4, 0.5) is 8.78 Å². The van der Waals surface area contributed by atoms with E-state index in [1.54, 1.807) is 0 Å². The van der Waals surface area contributed by atoms with Gasteiger partial charge in [0.2, 0.25) is 0 Å². The van der Waals surface area contributed by atoms with Crippen molar-refractivity contribution in [3.63, 3.8) is 0 Å². The Labute approximate surface area is 146 Å². The number of nitrogens with zero attached hydrogens (tertiary/aromatic N) is 3. The number of piperidine rings is 2. The van der Waals surface area contributed by atoms with Gasteiger partial charge in [-0.15, -0.1) is 0 Å². The van der Waals surface area contributed by atoms with E-state index in [1.807, 2.05) is 4.90 Å². The molecule has 3 rings (SSSR count). The lowest BCUT2D eigenvalue weighted by molar-refractivity contribution is -0.125. The van der Waals surface area contributed by atoms with Gasteiger partial charge in [-0.3, -0.25) is 9.80 Å². The van der Waals surface area contributed by atoms with Crippen LogP contribution in [0.5, 0.6) is 0 Å². The van der Waals surface area contributed by atoms with Crippen LogP contribution in [0.1, 0.15) is 46.5 Å². The third-order valence-electron chi connectivity index (χ3n) is 6.57. The molecule has 1 unspecified atom stereocenters. The molecular weight excluding hydrogens is 308 g/mol. The average Bonchev–Trinajstić information content (AvgIpc) is 2.48. The maximum Gasteiger partial charge on any atom is 0.264 e. The lowest BCUT2D eigenvalue weighted by Gasteiger charge is -2.56. The molecule has 0 amide bonds. The van der Waals surface area contributed by atoms with E-state index in [2.05, 4.69) is 30.6 Å². The van der Waals surface area contributed by atoms with Crippen molar-refractivity contribution in [2.45, 2.75) is 58.4 Å². The summed E-state index contributed by atoms with van der Waals surface area (Å²) in [5, 5.41) is 0. The summed E-state index contributed by atoms with van der Waals surface area (Å²) < 4.78 is 29.0. The first-order chi connectivity index (χ1) is 11.3. The van der Waals surface area contributed by atoms with Crippen LogP contribution in [0.3, 0.4) is 0 Å². The Kier molecular flexibility index (Phi) is 5.53. The van der Waals surface area contributed by atoms with Crippen molar-refractivity contribution < 1.29 is 8.78 Å². The zero-order valence-corrected chi connectivity index (χ0v) is 15.7. The van der Waals surface area contributed by atoms with E-state index in [0.717, 1.165) is 32.6 Å². The third-order valence-corrected chi connectivity index (χ3v) is 6.57. The van der Waals surface area contributed by atoms with Crippen molar-refractivity contribution in [2.24, 2.45) is 11.3 Å². The molecule has 140 valence electrons. The highest BCUT2D eigenvalue weighted by Gasteiger charge is 2.48. The van der Waals surface area contributed by atoms with Gasteiger partial charge in [0, 0.05) is 31.6 Å². The summed E-state index contributed by atoms with van der Waals surface area (Å²) in [5.41, 5.74) is 0.494. The number of hydrogen-bond donors (Lipinski definition) is 0. The van der Waals surface area contributed by atoms with E-state index in [1.165, 1.54) is 25.9 Å². The molecule has 1 atom stereocenters. The predicted octanol–water partition coefficient (Wildman–Crippen LogP) is 3.16. The highest BCUT2D eigenvalue weighted by atomic mass is 19.3. The molecule has 0 aromatic heterocycles. The maximum absolute atomic E-state index is 14.5. The molecule has 0 aromatic rings. The lowest BCUT2D eigenvalue weighted by Crippen LogP contribution is -2.62. The van der Waals surface area contributed by atoms with Crippen LogP contribution in [-0.2, 0) is 0 Å². The summed E-state index contributed by atoms with van der Waals surface area (Å²) in [6.45, 7) is 13.2. The Balaban J connectivity index is 1.45. The van der Waals surface area contributed by atoms with E-state index in [9.17, 15) is 8.78 Å². The molecule has 3 aliphatic heterocycles. The molecular formula is C19H35F2N3. The topological polar surface area (TPSA) is 9.72 Å². The van der Waals surface area contributed by atoms with Gasteiger partial charge in [0.25, 0.3) is 5.92 Å². The fourth-order valence-corrected chi connectivity index (χ4v) is 4.81. The van der Waals surface area contributed by atoms with Crippen LogP contribution in [0.15, 0.2) is 0 Å². The standard InChI is InChI=1S/C19H35F2N3/c1-4-8-23-9-5-17(19(20,21)15-23)12-22-10-6-18(7-11-22)13-24(14-18)16(2)3/h16-17H,4-15H2,1-3H3.